The second kappa shape index (κ2) is 11.2. The van der Waals surface area contributed by atoms with Gasteiger partial charge in [-0.05, 0) is 60.7 Å². The summed E-state index contributed by atoms with van der Waals surface area (Å²) in [6.07, 6.45) is 0.106. The third-order valence-electron chi connectivity index (χ3n) is 5.77. The molecule has 184 valence electrons. The molecule has 0 aromatic heterocycles. The molecule has 0 bridgehead atoms. The summed E-state index contributed by atoms with van der Waals surface area (Å²) in [6, 6.07) is 20.0. The molecule has 4 rings (SSSR count). The fourth-order valence-electron chi connectivity index (χ4n) is 3.76. The zero-order valence-corrected chi connectivity index (χ0v) is 21.0. The van der Waals surface area contributed by atoms with E-state index in [4.69, 9.17) is 9.47 Å². The lowest BCUT2D eigenvalue weighted by atomic mass is 10.1. The Morgan fingerprint density at radius 1 is 0.944 bits per heavy atom. The Labute approximate surface area is 216 Å². The van der Waals surface area contributed by atoms with Crippen LogP contribution in [0.4, 0.5) is 11.4 Å². The van der Waals surface area contributed by atoms with E-state index >= 15 is 0 Å². The van der Waals surface area contributed by atoms with Crippen LogP contribution in [0.3, 0.4) is 0 Å². The molecule has 1 aliphatic heterocycles. The van der Waals surface area contributed by atoms with Gasteiger partial charge in [0.25, 0.3) is 0 Å². The number of hydrogen-bond acceptors (Lipinski definition) is 6. The average Bonchev–Trinajstić information content (AvgIpc) is 3.29. The van der Waals surface area contributed by atoms with Crippen molar-refractivity contribution in [3.05, 3.63) is 88.4 Å². The van der Waals surface area contributed by atoms with Gasteiger partial charge in [0, 0.05) is 34.4 Å². The number of esters is 1. The highest BCUT2D eigenvalue weighted by Gasteiger charge is 2.35. The first-order chi connectivity index (χ1) is 17.3. The number of carbonyl (C=O) groups is 4. The minimum atomic E-state index is -0.644. The number of ether oxygens (including phenoxy) is 2. The number of methoxy groups -OCH3 is 1. The molecule has 1 atom stereocenters. The molecule has 1 saturated heterocycles. The Hall–Kier alpha value is -3.98. The topological polar surface area (TPSA) is 102 Å². The Balaban J connectivity index is 1.29. The molecule has 1 N–H and O–H groups in total. The average molecular weight is 551 g/mol. The van der Waals surface area contributed by atoms with Gasteiger partial charge in [0.05, 0.1) is 18.6 Å². The van der Waals surface area contributed by atoms with Gasteiger partial charge in [-0.1, -0.05) is 28.1 Å². The third-order valence-corrected chi connectivity index (χ3v) is 6.30. The van der Waals surface area contributed by atoms with E-state index in [0.717, 1.165) is 4.47 Å². The first-order valence-corrected chi connectivity index (χ1v) is 11.9. The van der Waals surface area contributed by atoms with Gasteiger partial charge in [-0.2, -0.15) is 0 Å². The van der Waals surface area contributed by atoms with E-state index < -0.39 is 11.9 Å². The number of carbonyl (C=O) groups excluding carboxylic acids is 4. The van der Waals surface area contributed by atoms with Crippen LogP contribution >= 0.6 is 15.9 Å². The number of rotatable bonds is 8. The highest BCUT2D eigenvalue weighted by molar-refractivity contribution is 9.10. The van der Waals surface area contributed by atoms with Crippen molar-refractivity contribution in [2.24, 2.45) is 5.92 Å². The number of ketones is 1. The molecular weight excluding hydrogens is 528 g/mol. The van der Waals surface area contributed by atoms with E-state index in [1.54, 1.807) is 72.7 Å². The molecule has 0 unspecified atom stereocenters. The van der Waals surface area contributed by atoms with Gasteiger partial charge in [-0.25, -0.2) is 4.79 Å². The van der Waals surface area contributed by atoms with E-state index in [9.17, 15) is 19.2 Å². The second-order valence-corrected chi connectivity index (χ2v) is 9.09. The maximum atomic E-state index is 12.7. The van der Waals surface area contributed by atoms with Crippen LogP contribution in [0.25, 0.3) is 0 Å². The number of nitrogens with one attached hydrogen (secondary N) is 1. The molecule has 0 radical (unpaired) electrons. The van der Waals surface area contributed by atoms with Crippen molar-refractivity contribution in [1.82, 2.24) is 0 Å². The van der Waals surface area contributed by atoms with Gasteiger partial charge in [0.1, 0.15) is 5.75 Å². The Morgan fingerprint density at radius 2 is 1.58 bits per heavy atom. The SMILES string of the molecule is COc1ccc(N2C[C@H](C(=O)Nc3ccc(C(=O)OCC(=O)c4ccc(Br)cc4)cc3)CC2=O)cc1. The fourth-order valence-corrected chi connectivity index (χ4v) is 4.03. The number of hydrogen-bond donors (Lipinski definition) is 1. The van der Waals surface area contributed by atoms with Crippen LogP contribution in [-0.4, -0.2) is 43.8 Å². The van der Waals surface area contributed by atoms with E-state index in [-0.39, 0.29) is 42.7 Å². The van der Waals surface area contributed by atoms with Crippen LogP contribution < -0.4 is 15.0 Å². The molecular formula is C27H23BrN2O6. The smallest absolute Gasteiger partial charge is 0.338 e. The quantitative estimate of drug-likeness (QED) is 0.327. The molecule has 0 spiro atoms. The van der Waals surface area contributed by atoms with E-state index in [1.165, 1.54) is 12.1 Å². The van der Waals surface area contributed by atoms with Gasteiger partial charge >= 0.3 is 5.97 Å². The Bertz CT molecular complexity index is 1270. The molecule has 36 heavy (non-hydrogen) atoms. The van der Waals surface area contributed by atoms with Crippen LogP contribution in [0.15, 0.2) is 77.3 Å². The molecule has 0 aliphatic carbocycles. The zero-order valence-electron chi connectivity index (χ0n) is 19.4. The van der Waals surface area contributed by atoms with Gasteiger partial charge in [0.15, 0.2) is 12.4 Å². The lowest BCUT2D eigenvalue weighted by molar-refractivity contribution is -0.122. The maximum absolute atomic E-state index is 12.7. The van der Waals surface area contributed by atoms with E-state index in [1.807, 2.05) is 0 Å². The van der Waals surface area contributed by atoms with Crippen LogP contribution in [0.2, 0.25) is 0 Å². The predicted molar refractivity (Wildman–Crippen MR) is 137 cm³/mol. The third kappa shape index (κ3) is 5.98. The Morgan fingerprint density at radius 3 is 2.22 bits per heavy atom. The number of amides is 2. The molecule has 2 amide bonds. The van der Waals surface area contributed by atoms with Gasteiger partial charge < -0.3 is 19.7 Å². The van der Waals surface area contributed by atoms with Crippen molar-refractivity contribution < 1.29 is 28.7 Å². The molecule has 0 saturated carbocycles. The number of nitrogens with zero attached hydrogens (tertiary/aromatic N) is 1. The molecule has 3 aromatic rings. The van der Waals surface area contributed by atoms with Crippen molar-refractivity contribution in [2.45, 2.75) is 6.42 Å². The highest BCUT2D eigenvalue weighted by atomic mass is 79.9. The number of halogens is 1. The van der Waals surface area contributed by atoms with Crippen LogP contribution in [0, 0.1) is 5.92 Å². The molecule has 8 nitrogen and oxygen atoms in total. The van der Waals surface area contributed by atoms with Gasteiger partial charge in [-0.15, -0.1) is 0 Å². The van der Waals surface area contributed by atoms with Crippen molar-refractivity contribution >= 4 is 50.9 Å². The molecule has 1 fully saturated rings. The second-order valence-electron chi connectivity index (χ2n) is 8.18. The van der Waals surface area contributed by atoms with Crippen molar-refractivity contribution in [1.29, 1.82) is 0 Å². The summed E-state index contributed by atoms with van der Waals surface area (Å²) in [4.78, 5) is 51.3. The zero-order chi connectivity index (χ0) is 25.7. The van der Waals surface area contributed by atoms with Crippen LogP contribution in [0.5, 0.6) is 5.75 Å². The summed E-state index contributed by atoms with van der Waals surface area (Å²) in [6.45, 7) is -0.104. The maximum Gasteiger partial charge on any atom is 0.338 e. The monoisotopic (exact) mass is 550 g/mol. The minimum absolute atomic E-state index is 0.106. The van der Waals surface area contributed by atoms with E-state index in [0.29, 0.717) is 22.7 Å². The van der Waals surface area contributed by atoms with Crippen molar-refractivity contribution in [3.8, 4) is 5.75 Å². The summed E-state index contributed by atoms with van der Waals surface area (Å²) >= 11 is 3.30. The van der Waals surface area contributed by atoms with Crippen LogP contribution in [-0.2, 0) is 14.3 Å². The first-order valence-electron chi connectivity index (χ1n) is 11.2. The first kappa shape index (κ1) is 25.1. The van der Waals surface area contributed by atoms with Crippen molar-refractivity contribution in [3.63, 3.8) is 0 Å². The van der Waals surface area contributed by atoms with E-state index in [2.05, 4.69) is 21.2 Å². The summed E-state index contributed by atoms with van der Waals surface area (Å²) in [5.41, 5.74) is 1.88. The summed E-state index contributed by atoms with van der Waals surface area (Å²) in [5, 5.41) is 2.79. The lowest BCUT2D eigenvalue weighted by Gasteiger charge is -2.17. The van der Waals surface area contributed by atoms with Gasteiger partial charge in [0.2, 0.25) is 11.8 Å². The molecule has 1 heterocycles. The standard InChI is InChI=1S/C27H23BrN2O6/c1-35-23-12-10-22(11-13-23)30-15-19(14-25(30)32)26(33)29-21-8-4-18(5-9-21)27(34)36-16-24(31)17-2-6-20(28)7-3-17/h2-13,19H,14-16H2,1H3,(H,29,33)/t19-/m1/s1. The number of Topliss-reactive ketones (excluding diaryl/α,β-unsaturated/α-hetero) is 1. The van der Waals surface area contributed by atoms with Crippen molar-refractivity contribution in [2.75, 3.05) is 30.5 Å². The molecule has 1 aliphatic rings. The van der Waals surface area contributed by atoms with Crippen LogP contribution in [0.1, 0.15) is 27.1 Å². The molecule has 3 aromatic carbocycles. The minimum Gasteiger partial charge on any atom is -0.497 e. The number of anilines is 2. The fraction of sp³-hybridized carbons (Fsp3) is 0.185. The molecule has 9 heteroatoms. The highest BCUT2D eigenvalue weighted by Crippen LogP contribution is 2.27. The predicted octanol–water partition coefficient (Wildman–Crippen LogP) is 4.49. The summed E-state index contributed by atoms with van der Waals surface area (Å²) in [7, 11) is 1.57. The lowest BCUT2D eigenvalue weighted by Crippen LogP contribution is -2.28. The largest absolute Gasteiger partial charge is 0.497 e. The summed E-state index contributed by atoms with van der Waals surface area (Å²) in [5.74, 6) is -1.19. The normalized spacial score (nSPS) is 14.9. The summed E-state index contributed by atoms with van der Waals surface area (Å²) < 4.78 is 11.1. The number of benzene rings is 3. The Kier molecular flexibility index (Phi) is 7.80. The van der Waals surface area contributed by atoms with Gasteiger partial charge in [-0.3, -0.25) is 14.4 Å².